The van der Waals surface area contributed by atoms with Crippen LogP contribution in [0.15, 0.2) is 36.2 Å². The number of carbonyl (C=O) groups excluding carboxylic acids is 1. The fourth-order valence-corrected chi connectivity index (χ4v) is 6.44. The van der Waals surface area contributed by atoms with Crippen molar-refractivity contribution in [3.63, 3.8) is 0 Å². The lowest BCUT2D eigenvalue weighted by atomic mass is 9.57. The first kappa shape index (κ1) is 24.5. The Morgan fingerprint density at radius 1 is 1.27 bits per heavy atom. The molecule has 1 aromatic carbocycles. The van der Waals surface area contributed by atoms with Gasteiger partial charge in [-0.15, -0.1) is 0 Å². The second kappa shape index (κ2) is 9.80. The van der Waals surface area contributed by atoms with Gasteiger partial charge in [0, 0.05) is 37.9 Å². The van der Waals surface area contributed by atoms with Gasteiger partial charge in [0.25, 0.3) is 5.91 Å². The van der Waals surface area contributed by atoms with Crippen LogP contribution in [0.3, 0.4) is 0 Å². The zero-order valence-electron chi connectivity index (χ0n) is 21.6. The second-order valence-corrected chi connectivity index (χ2v) is 11.7. The van der Waals surface area contributed by atoms with Crippen molar-refractivity contribution in [3.05, 3.63) is 52.3 Å². The summed E-state index contributed by atoms with van der Waals surface area (Å²) >= 11 is 6.32. The Balaban J connectivity index is 1.13. The van der Waals surface area contributed by atoms with Gasteiger partial charge >= 0.3 is 0 Å². The summed E-state index contributed by atoms with van der Waals surface area (Å²) in [4.78, 5) is 27.1. The molecule has 1 spiro atoms. The van der Waals surface area contributed by atoms with E-state index in [1.807, 2.05) is 18.2 Å². The van der Waals surface area contributed by atoms with E-state index in [0.29, 0.717) is 58.4 Å². The third-order valence-corrected chi connectivity index (χ3v) is 8.88. The summed E-state index contributed by atoms with van der Waals surface area (Å²) in [5, 5.41) is 7.08. The second-order valence-electron chi connectivity index (χ2n) is 11.3. The van der Waals surface area contributed by atoms with Crippen LogP contribution in [-0.2, 0) is 6.54 Å². The number of hydrogen-bond donors (Lipinski definition) is 2. The number of benzene rings is 1. The number of nitrogens with one attached hydrogen (secondary N) is 2. The zero-order valence-corrected chi connectivity index (χ0v) is 22.4. The molecule has 2 aromatic rings. The predicted octanol–water partition coefficient (Wildman–Crippen LogP) is 4.33. The van der Waals surface area contributed by atoms with E-state index in [9.17, 15) is 4.79 Å². The van der Waals surface area contributed by atoms with Crippen LogP contribution >= 0.6 is 11.6 Å². The molecule has 3 fully saturated rings. The molecule has 1 unspecified atom stereocenters. The molecule has 4 aliphatic rings. The molecule has 3 heterocycles. The lowest BCUT2D eigenvalue weighted by Gasteiger charge is -2.52. The minimum atomic E-state index is -0.131. The Morgan fingerprint density at radius 3 is 2.78 bits per heavy atom. The van der Waals surface area contributed by atoms with Crippen LogP contribution in [0.25, 0.3) is 0 Å². The van der Waals surface area contributed by atoms with Crippen molar-refractivity contribution in [1.82, 2.24) is 20.2 Å². The van der Waals surface area contributed by atoms with Crippen LogP contribution < -0.4 is 20.3 Å². The van der Waals surface area contributed by atoms with E-state index in [1.165, 1.54) is 50.8 Å². The van der Waals surface area contributed by atoms with Crippen LogP contribution in [-0.4, -0.2) is 61.1 Å². The van der Waals surface area contributed by atoms with Crippen molar-refractivity contribution < 1.29 is 9.53 Å². The standard InChI is InChI=1S/C28H35ClN6O2/c1-34-7-5-28(6-8-34)11-19(12-28)14-31-26(36)22-15-32-27(35-16-20-10-21(20)17-35)33-25(22)30-13-18-3-4-24(37-2)23(29)9-18/h3-4,9,15-16,19,21H,5-8,10-14,17H2,1-2H3,(H,31,36)(H,30,32,33). The minimum absolute atomic E-state index is 0.131. The first-order valence-corrected chi connectivity index (χ1v) is 13.7. The number of rotatable bonds is 8. The van der Waals surface area contributed by atoms with Gasteiger partial charge in [-0.3, -0.25) is 4.79 Å². The number of likely N-dealkylation sites (tertiary alicyclic amines) is 1. The molecule has 6 rings (SSSR count). The highest BCUT2D eigenvalue weighted by Crippen LogP contribution is 2.52. The van der Waals surface area contributed by atoms with Crippen molar-refractivity contribution in [2.75, 3.05) is 50.6 Å². The topological polar surface area (TPSA) is 82.6 Å². The van der Waals surface area contributed by atoms with E-state index in [-0.39, 0.29) is 5.91 Å². The lowest BCUT2D eigenvalue weighted by molar-refractivity contribution is -0.00584. The molecule has 2 aliphatic heterocycles. The molecule has 9 heteroatoms. The fourth-order valence-electron chi connectivity index (χ4n) is 6.16. The zero-order chi connectivity index (χ0) is 25.6. The van der Waals surface area contributed by atoms with Crippen molar-refractivity contribution in [2.24, 2.45) is 17.3 Å². The van der Waals surface area contributed by atoms with E-state index in [0.717, 1.165) is 12.1 Å². The quantitative estimate of drug-likeness (QED) is 0.534. The van der Waals surface area contributed by atoms with Crippen LogP contribution in [0.1, 0.15) is 48.0 Å². The Hall–Kier alpha value is -2.84. The molecular formula is C28H35ClN6O2. The summed E-state index contributed by atoms with van der Waals surface area (Å²) in [5.41, 5.74) is 3.40. The molecule has 2 aliphatic carbocycles. The molecule has 2 N–H and O–H groups in total. The summed E-state index contributed by atoms with van der Waals surface area (Å²) in [7, 11) is 3.80. The maximum Gasteiger partial charge on any atom is 0.256 e. The van der Waals surface area contributed by atoms with E-state index in [2.05, 4.69) is 38.7 Å². The summed E-state index contributed by atoms with van der Waals surface area (Å²) in [6.45, 7) is 4.46. The van der Waals surface area contributed by atoms with Gasteiger partial charge in [0.05, 0.1) is 12.1 Å². The average Bonchev–Trinajstić information content (AvgIpc) is 3.50. The van der Waals surface area contributed by atoms with E-state index in [1.54, 1.807) is 13.3 Å². The predicted molar refractivity (Wildman–Crippen MR) is 145 cm³/mol. The number of ether oxygens (including phenoxy) is 1. The van der Waals surface area contributed by atoms with Gasteiger partial charge in [0.2, 0.25) is 5.95 Å². The summed E-state index contributed by atoms with van der Waals surface area (Å²) in [6.07, 6.45) is 9.96. The minimum Gasteiger partial charge on any atom is -0.495 e. The number of aromatic nitrogens is 2. The molecule has 1 amide bonds. The van der Waals surface area contributed by atoms with Crippen LogP contribution in [0.2, 0.25) is 5.02 Å². The lowest BCUT2D eigenvalue weighted by Crippen LogP contribution is -2.48. The van der Waals surface area contributed by atoms with E-state index < -0.39 is 0 Å². The highest BCUT2D eigenvalue weighted by molar-refractivity contribution is 6.32. The summed E-state index contributed by atoms with van der Waals surface area (Å²) in [6, 6.07) is 5.66. The maximum absolute atomic E-state index is 13.3. The van der Waals surface area contributed by atoms with Crippen molar-refractivity contribution in [2.45, 2.75) is 38.6 Å². The number of hydrogen-bond acceptors (Lipinski definition) is 7. The van der Waals surface area contributed by atoms with E-state index in [4.69, 9.17) is 21.3 Å². The Bertz CT molecular complexity index is 1220. The largest absolute Gasteiger partial charge is 0.495 e. The Labute approximate surface area is 223 Å². The first-order chi connectivity index (χ1) is 17.9. The molecule has 1 atom stereocenters. The van der Waals surface area contributed by atoms with Gasteiger partial charge < -0.3 is 25.2 Å². The van der Waals surface area contributed by atoms with Crippen LogP contribution in [0.5, 0.6) is 5.75 Å². The van der Waals surface area contributed by atoms with Crippen LogP contribution in [0, 0.1) is 17.3 Å². The third kappa shape index (κ3) is 5.14. The molecule has 2 saturated carbocycles. The highest BCUT2D eigenvalue weighted by atomic mass is 35.5. The number of fused-ring (bicyclic) bond motifs is 1. The number of methoxy groups -OCH3 is 1. The number of nitrogens with zero attached hydrogens (tertiary/aromatic N) is 4. The molecule has 37 heavy (non-hydrogen) atoms. The van der Waals surface area contributed by atoms with Crippen molar-refractivity contribution >= 4 is 29.3 Å². The summed E-state index contributed by atoms with van der Waals surface area (Å²) in [5.74, 6) is 2.85. The monoisotopic (exact) mass is 522 g/mol. The fraction of sp³-hybridized carbons (Fsp3) is 0.536. The molecule has 1 aromatic heterocycles. The maximum atomic E-state index is 13.3. The van der Waals surface area contributed by atoms with Crippen LogP contribution in [0.4, 0.5) is 11.8 Å². The Kier molecular flexibility index (Phi) is 6.49. The molecule has 1 saturated heterocycles. The first-order valence-electron chi connectivity index (χ1n) is 13.3. The van der Waals surface area contributed by atoms with Gasteiger partial charge in [0.15, 0.2) is 0 Å². The molecular weight excluding hydrogens is 488 g/mol. The number of anilines is 2. The van der Waals surface area contributed by atoms with Gasteiger partial charge in [-0.05, 0) is 86.8 Å². The molecule has 8 nitrogen and oxygen atoms in total. The molecule has 196 valence electrons. The van der Waals surface area contributed by atoms with E-state index >= 15 is 0 Å². The number of amides is 1. The highest BCUT2D eigenvalue weighted by Gasteiger charge is 2.45. The van der Waals surface area contributed by atoms with Crippen molar-refractivity contribution in [3.8, 4) is 5.75 Å². The number of halogens is 1. The van der Waals surface area contributed by atoms with Gasteiger partial charge in [0.1, 0.15) is 17.1 Å². The van der Waals surface area contributed by atoms with Gasteiger partial charge in [-0.1, -0.05) is 17.7 Å². The number of carbonyl (C=O) groups is 1. The van der Waals surface area contributed by atoms with Gasteiger partial charge in [-0.25, -0.2) is 4.98 Å². The third-order valence-electron chi connectivity index (χ3n) is 8.58. The van der Waals surface area contributed by atoms with Crippen molar-refractivity contribution in [1.29, 1.82) is 0 Å². The number of piperidine rings is 1. The molecule has 0 bridgehead atoms. The summed E-state index contributed by atoms with van der Waals surface area (Å²) < 4.78 is 5.26. The smallest absolute Gasteiger partial charge is 0.256 e. The SMILES string of the molecule is COc1ccc(CNc2nc(N3C=C4CC4C3)ncc2C(=O)NCC2CC3(CCN(C)CC3)C2)cc1Cl. The molecule has 0 radical (unpaired) electrons. The Morgan fingerprint density at radius 2 is 2.08 bits per heavy atom. The average molecular weight is 523 g/mol. The van der Waals surface area contributed by atoms with Gasteiger partial charge in [-0.2, -0.15) is 4.98 Å². The normalized spacial score (nSPS) is 22.3.